The number of aromatic nitrogens is 5. The van der Waals surface area contributed by atoms with Gasteiger partial charge in [0, 0.05) is 10.6 Å². The van der Waals surface area contributed by atoms with Gasteiger partial charge in [-0.3, -0.25) is 4.79 Å². The van der Waals surface area contributed by atoms with E-state index in [2.05, 4.69) is 35.8 Å². The number of rotatable bonds is 7. The molecule has 1 amide bonds. The number of thioether (sulfide) groups is 1. The van der Waals surface area contributed by atoms with Gasteiger partial charge in [0.1, 0.15) is 5.75 Å². The first-order valence-corrected chi connectivity index (χ1v) is 10.4. The summed E-state index contributed by atoms with van der Waals surface area (Å²) in [5, 5.41) is 28.9. The molecule has 0 saturated carbocycles. The van der Waals surface area contributed by atoms with Gasteiger partial charge in [0.15, 0.2) is 5.69 Å². The van der Waals surface area contributed by atoms with Crippen LogP contribution >= 0.6 is 11.8 Å². The highest BCUT2D eigenvalue weighted by atomic mass is 32.2. The maximum atomic E-state index is 12.9. The third-order valence-corrected chi connectivity index (χ3v) is 5.43. The first-order chi connectivity index (χ1) is 15.5. The smallest absolute Gasteiger partial charge is 0.293 e. The Morgan fingerprint density at radius 2 is 1.94 bits per heavy atom. The zero-order valence-corrected chi connectivity index (χ0v) is 17.7. The molecule has 0 bridgehead atoms. The topological polar surface area (TPSA) is 157 Å². The molecule has 0 aliphatic heterocycles. The first-order valence-electron chi connectivity index (χ1n) is 9.38. The summed E-state index contributed by atoms with van der Waals surface area (Å²) in [5.74, 6) is 0.114. The minimum Gasteiger partial charge on any atom is -0.508 e. The molecule has 4 aromatic rings. The molecule has 0 atom stereocenters. The van der Waals surface area contributed by atoms with E-state index in [0.717, 1.165) is 10.5 Å². The lowest BCUT2D eigenvalue weighted by Crippen LogP contribution is -2.21. The van der Waals surface area contributed by atoms with E-state index in [1.807, 2.05) is 30.3 Å². The second-order valence-electron chi connectivity index (χ2n) is 6.56. The van der Waals surface area contributed by atoms with Crippen LogP contribution in [0.2, 0.25) is 0 Å². The van der Waals surface area contributed by atoms with E-state index >= 15 is 0 Å². The second kappa shape index (κ2) is 9.31. The van der Waals surface area contributed by atoms with Crippen molar-refractivity contribution in [1.29, 1.82) is 0 Å². The molecule has 11 nitrogen and oxygen atoms in total. The number of phenolic OH excluding ortho intramolecular Hbond substituents is 1. The van der Waals surface area contributed by atoms with Gasteiger partial charge in [-0.1, -0.05) is 23.4 Å². The molecule has 0 aliphatic rings. The fraction of sp³-hybridized carbons (Fsp3) is 0.100. The van der Waals surface area contributed by atoms with Crippen LogP contribution in [-0.4, -0.2) is 42.0 Å². The third-order valence-electron chi connectivity index (χ3n) is 4.40. The predicted molar refractivity (Wildman–Crippen MR) is 117 cm³/mol. The Morgan fingerprint density at radius 1 is 1.19 bits per heavy atom. The summed E-state index contributed by atoms with van der Waals surface area (Å²) in [4.78, 5) is 13.9. The number of hydrogen-bond acceptors (Lipinski definition) is 10. The number of hydrazone groups is 1. The Morgan fingerprint density at radius 3 is 2.62 bits per heavy atom. The van der Waals surface area contributed by atoms with E-state index in [0.29, 0.717) is 17.2 Å². The van der Waals surface area contributed by atoms with Crippen LogP contribution in [0.3, 0.4) is 0 Å². The van der Waals surface area contributed by atoms with Gasteiger partial charge in [-0.05, 0) is 59.2 Å². The summed E-state index contributed by atoms with van der Waals surface area (Å²) in [6.45, 7) is 1.73. The number of nitrogen functional groups attached to an aromatic ring is 1. The Bertz CT molecular complexity index is 1250. The van der Waals surface area contributed by atoms with Crippen molar-refractivity contribution in [3.8, 4) is 11.6 Å². The number of hydrogen-bond donors (Lipinski definition) is 3. The lowest BCUT2D eigenvalue weighted by molar-refractivity contribution is 0.0949. The maximum Gasteiger partial charge on any atom is 0.293 e. The minimum absolute atomic E-state index is 0.0222. The highest BCUT2D eigenvalue weighted by molar-refractivity contribution is 7.98. The highest BCUT2D eigenvalue weighted by Gasteiger charge is 2.24. The average Bonchev–Trinajstić information content (AvgIpc) is 3.42. The van der Waals surface area contributed by atoms with Crippen LogP contribution in [0, 0.1) is 0 Å². The zero-order valence-electron chi connectivity index (χ0n) is 16.8. The molecule has 0 unspecified atom stereocenters. The number of aromatic hydroxyl groups is 1. The summed E-state index contributed by atoms with van der Waals surface area (Å²) in [7, 11) is 0. The number of carbonyl (C=O) groups is 1. The van der Waals surface area contributed by atoms with Crippen molar-refractivity contribution >= 4 is 29.2 Å². The Balaban J connectivity index is 1.60. The number of carbonyl (C=O) groups excluding carboxylic acids is 1. The van der Waals surface area contributed by atoms with Gasteiger partial charge >= 0.3 is 0 Å². The van der Waals surface area contributed by atoms with E-state index in [1.165, 1.54) is 28.6 Å². The van der Waals surface area contributed by atoms with Crippen molar-refractivity contribution in [2.24, 2.45) is 5.10 Å². The van der Waals surface area contributed by atoms with Crippen LogP contribution in [0.5, 0.6) is 5.75 Å². The number of benzene rings is 2. The number of nitrogens with zero attached hydrogens (tertiary/aromatic N) is 6. The predicted octanol–water partition coefficient (Wildman–Crippen LogP) is 2.38. The fourth-order valence-corrected chi connectivity index (χ4v) is 3.65. The van der Waals surface area contributed by atoms with Crippen LogP contribution in [0.25, 0.3) is 5.82 Å². The lowest BCUT2D eigenvalue weighted by atomic mass is 10.1. The average molecular weight is 450 g/mol. The number of phenols is 1. The molecule has 2 aromatic heterocycles. The third kappa shape index (κ3) is 4.59. The van der Waals surface area contributed by atoms with Gasteiger partial charge in [0.2, 0.25) is 11.6 Å². The van der Waals surface area contributed by atoms with Gasteiger partial charge in [-0.25, -0.2) is 10.1 Å². The molecule has 4 rings (SSSR count). The van der Waals surface area contributed by atoms with Crippen molar-refractivity contribution < 1.29 is 14.5 Å². The highest BCUT2D eigenvalue weighted by Crippen LogP contribution is 2.25. The van der Waals surface area contributed by atoms with E-state index in [1.54, 1.807) is 19.1 Å². The van der Waals surface area contributed by atoms with Crippen LogP contribution in [-0.2, 0) is 5.75 Å². The summed E-state index contributed by atoms with van der Waals surface area (Å²) < 4.78 is 5.99. The first kappa shape index (κ1) is 21.1. The molecule has 0 saturated heterocycles. The van der Waals surface area contributed by atoms with Crippen LogP contribution in [0.1, 0.15) is 28.7 Å². The molecule has 0 spiro atoms. The van der Waals surface area contributed by atoms with Gasteiger partial charge in [0.25, 0.3) is 5.91 Å². The zero-order chi connectivity index (χ0) is 22.5. The van der Waals surface area contributed by atoms with Crippen molar-refractivity contribution in [1.82, 2.24) is 30.7 Å². The van der Waals surface area contributed by atoms with E-state index < -0.39 is 5.91 Å². The Kier molecular flexibility index (Phi) is 6.12. The van der Waals surface area contributed by atoms with Crippen LogP contribution in [0.4, 0.5) is 5.82 Å². The van der Waals surface area contributed by atoms with Gasteiger partial charge in [-0.15, -0.1) is 16.9 Å². The second-order valence-corrected chi connectivity index (χ2v) is 7.61. The molecular formula is C20H18N8O3S. The molecule has 2 aromatic carbocycles. The quantitative estimate of drug-likeness (QED) is 0.218. The molecule has 32 heavy (non-hydrogen) atoms. The summed E-state index contributed by atoms with van der Waals surface area (Å²) in [6, 6.07) is 16.1. The molecule has 12 heteroatoms. The largest absolute Gasteiger partial charge is 0.508 e. The van der Waals surface area contributed by atoms with Crippen molar-refractivity contribution in [3.05, 3.63) is 71.5 Å². The lowest BCUT2D eigenvalue weighted by Gasteiger charge is -2.06. The minimum atomic E-state index is -0.548. The SMILES string of the molecule is C/C(=N\NC(=O)c1nnn(-c2nonc2N)c1CSc1ccccc1)c1ccc(O)cc1. The van der Waals surface area contributed by atoms with Crippen molar-refractivity contribution in [2.45, 2.75) is 17.6 Å². The van der Waals surface area contributed by atoms with Crippen LogP contribution < -0.4 is 11.2 Å². The van der Waals surface area contributed by atoms with E-state index in [-0.39, 0.29) is 23.1 Å². The monoisotopic (exact) mass is 450 g/mol. The van der Waals surface area contributed by atoms with E-state index in [4.69, 9.17) is 5.73 Å². The fourth-order valence-electron chi connectivity index (χ4n) is 2.74. The normalized spacial score (nSPS) is 11.5. The number of nitrogens with one attached hydrogen (secondary N) is 1. The van der Waals surface area contributed by atoms with Gasteiger partial charge < -0.3 is 10.8 Å². The Labute approximate surface area is 186 Å². The van der Waals surface area contributed by atoms with Gasteiger partial charge in [-0.2, -0.15) is 9.78 Å². The number of nitrogens with two attached hydrogens (primary N) is 1. The van der Waals surface area contributed by atoms with Crippen molar-refractivity contribution in [2.75, 3.05) is 5.73 Å². The number of anilines is 1. The summed E-state index contributed by atoms with van der Waals surface area (Å²) >= 11 is 1.49. The molecule has 162 valence electrons. The van der Waals surface area contributed by atoms with Crippen molar-refractivity contribution in [3.63, 3.8) is 0 Å². The summed E-state index contributed by atoms with van der Waals surface area (Å²) in [6.07, 6.45) is 0. The standard InChI is InChI=1S/C20H18N8O3S/c1-12(13-7-9-14(29)10-8-13)22-24-20(30)17-16(11-32-15-5-3-2-4-6-15)28(27-23-17)19-18(21)25-31-26-19/h2-10,29H,11H2,1H3,(H2,21,25)(H,24,30)/b22-12+. The van der Waals surface area contributed by atoms with Crippen LogP contribution in [0.15, 0.2) is 69.2 Å². The number of amides is 1. The van der Waals surface area contributed by atoms with Gasteiger partial charge in [0.05, 0.1) is 11.4 Å². The maximum absolute atomic E-state index is 12.9. The summed E-state index contributed by atoms with van der Waals surface area (Å²) in [5.41, 5.74) is 10.1. The molecule has 0 fully saturated rings. The molecule has 0 aliphatic carbocycles. The molecule has 4 N–H and O–H groups in total. The molecular weight excluding hydrogens is 432 g/mol. The van der Waals surface area contributed by atoms with E-state index in [9.17, 15) is 9.90 Å². The Hall–Kier alpha value is -4.19. The molecule has 2 heterocycles. The molecule has 0 radical (unpaired) electrons.